The van der Waals surface area contributed by atoms with Crippen molar-refractivity contribution in [2.75, 3.05) is 5.32 Å². The Morgan fingerprint density at radius 2 is 1.67 bits per heavy atom. The summed E-state index contributed by atoms with van der Waals surface area (Å²) in [5.74, 6) is -1.08. The molecule has 1 heterocycles. The lowest BCUT2D eigenvalue weighted by Crippen LogP contribution is -2.49. The molecule has 0 radical (unpaired) electrons. The van der Waals surface area contributed by atoms with Crippen LogP contribution in [0.4, 0.5) is 5.69 Å². The molecule has 2 aromatic rings. The summed E-state index contributed by atoms with van der Waals surface area (Å²) in [7, 11) is 0. The molecule has 0 spiro atoms. The molecule has 1 saturated heterocycles. The highest BCUT2D eigenvalue weighted by Gasteiger charge is 2.61. The first-order valence-electron chi connectivity index (χ1n) is 10.5. The fourth-order valence-corrected chi connectivity index (χ4v) is 5.32. The van der Waals surface area contributed by atoms with Crippen LogP contribution in [0, 0.1) is 30.6 Å². The van der Waals surface area contributed by atoms with E-state index in [1.165, 1.54) is 4.90 Å². The molecule has 1 saturated carbocycles. The van der Waals surface area contributed by atoms with E-state index in [0.717, 1.165) is 17.5 Å². The Balaban J connectivity index is 1.46. The summed E-state index contributed by atoms with van der Waals surface area (Å²) in [6, 6.07) is 16.2. The number of hydrogen-bond donors (Lipinski definition) is 1. The number of imide groups is 1. The Bertz CT molecular complexity index is 1020. The van der Waals surface area contributed by atoms with Crippen LogP contribution < -0.4 is 5.32 Å². The van der Waals surface area contributed by atoms with Crippen LogP contribution in [0.1, 0.15) is 17.5 Å². The molecule has 5 nitrogen and oxygen atoms in total. The molecule has 5 rings (SSSR count). The summed E-state index contributed by atoms with van der Waals surface area (Å²) in [4.78, 5) is 41.2. The molecule has 2 fully saturated rings. The molecule has 1 N–H and O–H groups in total. The summed E-state index contributed by atoms with van der Waals surface area (Å²) in [6.07, 6.45) is 5.32. The molecule has 2 aromatic carbocycles. The van der Waals surface area contributed by atoms with Gasteiger partial charge in [-0.15, -0.1) is 0 Å². The van der Waals surface area contributed by atoms with Gasteiger partial charge in [0.05, 0.1) is 11.8 Å². The van der Waals surface area contributed by atoms with Crippen LogP contribution in [0.3, 0.4) is 0 Å². The first-order valence-corrected chi connectivity index (χ1v) is 10.5. The Labute approximate surface area is 175 Å². The molecule has 5 heteroatoms. The first kappa shape index (κ1) is 18.8. The van der Waals surface area contributed by atoms with Gasteiger partial charge in [-0.3, -0.25) is 19.3 Å². The summed E-state index contributed by atoms with van der Waals surface area (Å²) < 4.78 is 0. The largest absolute Gasteiger partial charge is 0.324 e. The number of carbonyl (C=O) groups is 3. The maximum atomic E-state index is 13.3. The number of carbonyl (C=O) groups excluding carboxylic acids is 3. The van der Waals surface area contributed by atoms with Gasteiger partial charge in [-0.2, -0.15) is 0 Å². The first-order chi connectivity index (χ1) is 14.5. The maximum absolute atomic E-state index is 13.3. The fourth-order valence-electron chi connectivity index (χ4n) is 5.32. The van der Waals surface area contributed by atoms with Gasteiger partial charge in [0, 0.05) is 12.1 Å². The monoisotopic (exact) mass is 400 g/mol. The lowest BCUT2D eigenvalue weighted by molar-refractivity contribution is -0.147. The van der Waals surface area contributed by atoms with Crippen molar-refractivity contribution in [2.45, 2.75) is 25.8 Å². The third-order valence-electron chi connectivity index (χ3n) is 6.68. The zero-order valence-corrected chi connectivity index (χ0v) is 16.8. The topological polar surface area (TPSA) is 66.5 Å². The van der Waals surface area contributed by atoms with Crippen LogP contribution in [-0.2, 0) is 20.8 Å². The number of benzene rings is 2. The summed E-state index contributed by atoms with van der Waals surface area (Å²) in [5, 5.41) is 2.92. The van der Waals surface area contributed by atoms with E-state index in [9.17, 15) is 14.4 Å². The van der Waals surface area contributed by atoms with Gasteiger partial charge in [-0.25, -0.2) is 0 Å². The van der Waals surface area contributed by atoms with Crippen LogP contribution in [0.15, 0.2) is 66.7 Å². The molecule has 152 valence electrons. The molecule has 0 aromatic heterocycles. The average Bonchev–Trinajstić information content (AvgIpc) is 3.41. The van der Waals surface area contributed by atoms with Gasteiger partial charge >= 0.3 is 0 Å². The Morgan fingerprint density at radius 1 is 1.00 bits per heavy atom. The van der Waals surface area contributed by atoms with E-state index in [0.29, 0.717) is 12.1 Å². The standard InChI is InChI=1S/C25H24N2O3/c1-15-6-5-9-19(12-15)26-23(28)20(13-16-7-3-2-4-8-16)27-24(29)21-17-10-11-18(14-17)22(21)25(27)30/h2-12,17-18,20-22H,13-14H2,1H3,(H,26,28). The predicted molar refractivity (Wildman–Crippen MR) is 113 cm³/mol. The second-order valence-electron chi connectivity index (χ2n) is 8.61. The third kappa shape index (κ3) is 3.05. The van der Waals surface area contributed by atoms with Crippen molar-refractivity contribution in [3.05, 3.63) is 77.9 Å². The van der Waals surface area contributed by atoms with Crippen molar-refractivity contribution in [2.24, 2.45) is 23.7 Å². The zero-order valence-electron chi connectivity index (χ0n) is 16.8. The maximum Gasteiger partial charge on any atom is 0.248 e. The van der Waals surface area contributed by atoms with Gasteiger partial charge in [0.25, 0.3) is 0 Å². The number of likely N-dealkylation sites (tertiary alicyclic amines) is 1. The van der Waals surface area contributed by atoms with E-state index in [1.54, 1.807) is 0 Å². The number of allylic oxidation sites excluding steroid dienone is 2. The molecule has 3 amide bonds. The number of aryl methyl sites for hydroxylation is 1. The minimum absolute atomic E-state index is 0.124. The summed E-state index contributed by atoms with van der Waals surface area (Å²) in [5.41, 5.74) is 2.61. The summed E-state index contributed by atoms with van der Waals surface area (Å²) >= 11 is 0. The number of fused-ring (bicyclic) bond motifs is 5. The van der Waals surface area contributed by atoms with Gasteiger partial charge in [-0.05, 0) is 48.4 Å². The molecular formula is C25H24N2O3. The van der Waals surface area contributed by atoms with E-state index >= 15 is 0 Å². The summed E-state index contributed by atoms with van der Waals surface area (Å²) in [6.45, 7) is 1.95. The van der Waals surface area contributed by atoms with Crippen LogP contribution in [0.5, 0.6) is 0 Å². The van der Waals surface area contributed by atoms with E-state index < -0.39 is 6.04 Å². The normalized spacial score (nSPS) is 27.4. The van der Waals surface area contributed by atoms with Gasteiger partial charge in [0.1, 0.15) is 6.04 Å². The quantitative estimate of drug-likeness (QED) is 0.618. The average molecular weight is 400 g/mol. The van der Waals surface area contributed by atoms with Crippen LogP contribution in [0.2, 0.25) is 0 Å². The van der Waals surface area contributed by atoms with Crippen LogP contribution in [0.25, 0.3) is 0 Å². The van der Waals surface area contributed by atoms with Gasteiger partial charge in [0.2, 0.25) is 17.7 Å². The number of nitrogens with one attached hydrogen (secondary N) is 1. The Morgan fingerprint density at radius 3 is 2.30 bits per heavy atom. The van der Waals surface area contributed by atoms with Gasteiger partial charge < -0.3 is 5.32 Å². The number of anilines is 1. The second kappa shape index (κ2) is 7.24. The SMILES string of the molecule is Cc1cccc(NC(=O)C(Cc2ccccc2)N2C(=O)C3C4C=CC(C4)C3C2=O)c1. The van der Waals surface area contributed by atoms with E-state index in [-0.39, 0.29) is 41.4 Å². The number of amides is 3. The van der Waals surface area contributed by atoms with Crippen molar-refractivity contribution in [3.8, 4) is 0 Å². The molecule has 5 atom stereocenters. The molecular weight excluding hydrogens is 376 g/mol. The fraction of sp³-hybridized carbons (Fsp3) is 0.320. The molecule has 30 heavy (non-hydrogen) atoms. The lowest BCUT2D eigenvalue weighted by atomic mass is 9.85. The zero-order chi connectivity index (χ0) is 20.8. The van der Waals surface area contributed by atoms with Gasteiger partial charge in [0.15, 0.2) is 0 Å². The number of rotatable bonds is 5. The van der Waals surface area contributed by atoms with Crippen LogP contribution >= 0.6 is 0 Å². The van der Waals surface area contributed by atoms with Crippen molar-refractivity contribution >= 4 is 23.4 Å². The Hall–Kier alpha value is -3.21. The molecule has 3 aliphatic rings. The highest BCUT2D eigenvalue weighted by molar-refractivity contribution is 6.11. The third-order valence-corrected chi connectivity index (χ3v) is 6.68. The van der Waals surface area contributed by atoms with Crippen molar-refractivity contribution < 1.29 is 14.4 Å². The number of nitrogens with zero attached hydrogens (tertiary/aromatic N) is 1. The van der Waals surface area contributed by atoms with Crippen LogP contribution in [-0.4, -0.2) is 28.7 Å². The Kier molecular flexibility index (Phi) is 4.54. The van der Waals surface area contributed by atoms with Crippen molar-refractivity contribution in [1.82, 2.24) is 4.90 Å². The van der Waals surface area contributed by atoms with E-state index in [2.05, 4.69) is 17.5 Å². The highest BCUT2D eigenvalue weighted by atomic mass is 16.2. The minimum Gasteiger partial charge on any atom is -0.324 e. The lowest BCUT2D eigenvalue weighted by Gasteiger charge is -2.27. The van der Waals surface area contributed by atoms with Crippen molar-refractivity contribution in [3.63, 3.8) is 0 Å². The molecule has 5 unspecified atom stereocenters. The molecule has 1 aliphatic heterocycles. The smallest absolute Gasteiger partial charge is 0.248 e. The minimum atomic E-state index is -0.863. The van der Waals surface area contributed by atoms with E-state index in [1.807, 2.05) is 61.5 Å². The second-order valence-corrected chi connectivity index (χ2v) is 8.61. The predicted octanol–water partition coefficient (Wildman–Crippen LogP) is 3.35. The van der Waals surface area contributed by atoms with E-state index in [4.69, 9.17) is 0 Å². The molecule has 2 aliphatic carbocycles. The highest BCUT2D eigenvalue weighted by Crippen LogP contribution is 2.53. The molecule has 2 bridgehead atoms. The van der Waals surface area contributed by atoms with Crippen molar-refractivity contribution in [1.29, 1.82) is 0 Å². The van der Waals surface area contributed by atoms with Gasteiger partial charge in [-0.1, -0.05) is 54.6 Å². The number of hydrogen-bond acceptors (Lipinski definition) is 3.